The molecular formula is C21H24FN3OS. The van der Waals surface area contributed by atoms with Gasteiger partial charge in [-0.2, -0.15) is 0 Å². The third kappa shape index (κ3) is 4.69. The minimum Gasteiger partial charge on any atom is -0.493 e. The van der Waals surface area contributed by atoms with E-state index in [1.165, 1.54) is 23.3 Å². The van der Waals surface area contributed by atoms with Crippen LogP contribution in [0.4, 0.5) is 4.39 Å². The second-order valence-corrected chi connectivity index (χ2v) is 7.80. The number of halogens is 1. The molecule has 27 heavy (non-hydrogen) atoms. The molecule has 1 heterocycles. The van der Waals surface area contributed by atoms with Gasteiger partial charge in [0.2, 0.25) is 0 Å². The summed E-state index contributed by atoms with van der Waals surface area (Å²) in [6, 6.07) is 12.5. The summed E-state index contributed by atoms with van der Waals surface area (Å²) in [7, 11) is 1.91. The van der Waals surface area contributed by atoms with Crippen molar-refractivity contribution in [1.29, 1.82) is 0 Å². The summed E-state index contributed by atoms with van der Waals surface area (Å²) in [4.78, 5) is 0. The van der Waals surface area contributed by atoms with E-state index in [1.54, 1.807) is 23.9 Å². The van der Waals surface area contributed by atoms with Crippen molar-refractivity contribution in [2.45, 2.75) is 31.8 Å². The fourth-order valence-corrected chi connectivity index (χ4v) is 3.70. The first-order chi connectivity index (χ1) is 13.0. The highest BCUT2D eigenvalue weighted by molar-refractivity contribution is 7.99. The zero-order chi connectivity index (χ0) is 19.4. The lowest BCUT2D eigenvalue weighted by atomic mass is 9.98. The maximum atomic E-state index is 13.1. The lowest BCUT2D eigenvalue weighted by Gasteiger charge is -2.12. The average Bonchev–Trinajstić information content (AvgIpc) is 3.00. The lowest BCUT2D eigenvalue weighted by molar-refractivity contribution is 0.343. The van der Waals surface area contributed by atoms with Crippen LogP contribution in [0.25, 0.3) is 11.4 Å². The summed E-state index contributed by atoms with van der Waals surface area (Å²) in [6.45, 7) is 7.10. The number of nitrogens with zero attached hydrogens (tertiary/aromatic N) is 3. The molecular weight excluding hydrogens is 361 g/mol. The number of thioether (sulfide) groups is 1. The van der Waals surface area contributed by atoms with Crippen molar-refractivity contribution in [3.05, 3.63) is 59.4 Å². The predicted molar refractivity (Wildman–Crippen MR) is 108 cm³/mol. The standard InChI is InChI=1S/C21H24FN3OS/c1-14(2)19-10-9-18(13-15(19)3)26-11-12-27-21-24-23-20(25(21)4)16-5-7-17(22)8-6-16/h5-10,13-14H,11-12H2,1-4H3. The van der Waals surface area contributed by atoms with Gasteiger partial charge in [-0.25, -0.2) is 4.39 Å². The highest BCUT2D eigenvalue weighted by Gasteiger charge is 2.11. The minimum atomic E-state index is -0.260. The monoisotopic (exact) mass is 385 g/mol. The third-order valence-electron chi connectivity index (χ3n) is 4.38. The molecule has 3 rings (SSSR count). The molecule has 4 nitrogen and oxygen atoms in total. The van der Waals surface area contributed by atoms with Crippen LogP contribution in [0.5, 0.6) is 5.75 Å². The summed E-state index contributed by atoms with van der Waals surface area (Å²) >= 11 is 1.59. The van der Waals surface area contributed by atoms with Crippen LogP contribution in [0.15, 0.2) is 47.6 Å². The van der Waals surface area contributed by atoms with E-state index in [4.69, 9.17) is 4.74 Å². The van der Waals surface area contributed by atoms with Gasteiger partial charge >= 0.3 is 0 Å². The largest absolute Gasteiger partial charge is 0.493 e. The van der Waals surface area contributed by atoms with Gasteiger partial charge in [0.15, 0.2) is 11.0 Å². The summed E-state index contributed by atoms with van der Waals surface area (Å²) in [5.41, 5.74) is 3.45. The van der Waals surface area contributed by atoms with Crippen molar-refractivity contribution >= 4 is 11.8 Å². The van der Waals surface area contributed by atoms with Crippen LogP contribution < -0.4 is 4.74 Å². The van der Waals surface area contributed by atoms with E-state index in [-0.39, 0.29) is 5.82 Å². The summed E-state index contributed by atoms with van der Waals surface area (Å²) in [5, 5.41) is 9.26. The molecule has 0 aliphatic rings. The van der Waals surface area contributed by atoms with Gasteiger partial charge in [0.05, 0.1) is 6.61 Å². The van der Waals surface area contributed by atoms with Crippen LogP contribution in [0.3, 0.4) is 0 Å². The van der Waals surface area contributed by atoms with Gasteiger partial charge in [-0.1, -0.05) is 31.7 Å². The van der Waals surface area contributed by atoms with Crippen molar-refractivity contribution in [1.82, 2.24) is 14.8 Å². The average molecular weight is 386 g/mol. The number of benzene rings is 2. The Morgan fingerprint density at radius 3 is 2.52 bits per heavy atom. The van der Waals surface area contributed by atoms with Crippen molar-refractivity contribution in [2.75, 3.05) is 12.4 Å². The van der Waals surface area contributed by atoms with Gasteiger partial charge < -0.3 is 9.30 Å². The van der Waals surface area contributed by atoms with Crippen molar-refractivity contribution in [3.63, 3.8) is 0 Å². The van der Waals surface area contributed by atoms with Crippen molar-refractivity contribution in [3.8, 4) is 17.1 Å². The molecule has 2 aromatic carbocycles. The molecule has 142 valence electrons. The van der Waals surface area contributed by atoms with Crippen LogP contribution in [-0.2, 0) is 7.05 Å². The van der Waals surface area contributed by atoms with Gasteiger partial charge in [-0.3, -0.25) is 0 Å². The molecule has 6 heteroatoms. The maximum absolute atomic E-state index is 13.1. The fraction of sp³-hybridized carbons (Fsp3) is 0.333. The van der Waals surface area contributed by atoms with Gasteiger partial charge in [0.25, 0.3) is 0 Å². The lowest BCUT2D eigenvalue weighted by Crippen LogP contribution is -2.03. The number of rotatable bonds is 7. The van der Waals surface area contributed by atoms with Crippen LogP contribution in [0.1, 0.15) is 30.9 Å². The van der Waals surface area contributed by atoms with E-state index >= 15 is 0 Å². The summed E-state index contributed by atoms with van der Waals surface area (Å²) in [5.74, 6) is 2.63. The zero-order valence-corrected chi connectivity index (χ0v) is 16.9. The van der Waals surface area contributed by atoms with Crippen LogP contribution in [0, 0.1) is 12.7 Å². The zero-order valence-electron chi connectivity index (χ0n) is 16.1. The molecule has 0 spiro atoms. The summed E-state index contributed by atoms with van der Waals surface area (Å²) < 4.78 is 20.9. The van der Waals surface area contributed by atoms with E-state index in [9.17, 15) is 4.39 Å². The number of aromatic nitrogens is 3. The van der Waals surface area contributed by atoms with Crippen molar-refractivity contribution < 1.29 is 9.13 Å². The summed E-state index contributed by atoms with van der Waals surface area (Å²) in [6.07, 6.45) is 0. The predicted octanol–water partition coefficient (Wildman–Crippen LogP) is 5.22. The van der Waals surface area contributed by atoms with Crippen LogP contribution in [-0.4, -0.2) is 27.1 Å². The highest BCUT2D eigenvalue weighted by Crippen LogP contribution is 2.25. The molecule has 0 unspecified atom stereocenters. The molecule has 0 N–H and O–H groups in total. The molecule has 3 aromatic rings. The molecule has 0 atom stereocenters. The second kappa shape index (κ2) is 8.57. The molecule has 0 saturated heterocycles. The fourth-order valence-electron chi connectivity index (χ4n) is 2.97. The van der Waals surface area contributed by atoms with E-state index in [2.05, 4.69) is 43.1 Å². The SMILES string of the molecule is Cc1cc(OCCSc2nnc(-c3ccc(F)cc3)n2C)ccc1C(C)C. The normalized spacial score (nSPS) is 11.2. The van der Waals surface area contributed by atoms with Gasteiger partial charge in [-0.15, -0.1) is 10.2 Å². The molecule has 0 fully saturated rings. The molecule has 1 aromatic heterocycles. The van der Waals surface area contributed by atoms with E-state index in [1.807, 2.05) is 17.7 Å². The number of ether oxygens (including phenoxy) is 1. The Morgan fingerprint density at radius 2 is 1.85 bits per heavy atom. The Hall–Kier alpha value is -2.34. The van der Waals surface area contributed by atoms with E-state index < -0.39 is 0 Å². The molecule has 0 aliphatic carbocycles. The quantitative estimate of drug-likeness (QED) is 0.413. The Morgan fingerprint density at radius 1 is 1.11 bits per heavy atom. The van der Waals surface area contributed by atoms with Crippen LogP contribution in [0.2, 0.25) is 0 Å². The first-order valence-electron chi connectivity index (χ1n) is 8.97. The Labute approximate surface area is 163 Å². The van der Waals surface area contributed by atoms with Gasteiger partial charge in [0, 0.05) is 18.4 Å². The number of hydrogen-bond donors (Lipinski definition) is 0. The van der Waals surface area contributed by atoms with Gasteiger partial charge in [0.1, 0.15) is 11.6 Å². The number of hydrogen-bond acceptors (Lipinski definition) is 4. The number of aryl methyl sites for hydroxylation is 1. The molecule has 0 saturated carbocycles. The molecule has 0 amide bonds. The first kappa shape index (κ1) is 19.4. The van der Waals surface area contributed by atoms with Crippen LogP contribution >= 0.6 is 11.8 Å². The van der Waals surface area contributed by atoms with Crippen molar-refractivity contribution in [2.24, 2.45) is 7.05 Å². The molecule has 0 bridgehead atoms. The van der Waals surface area contributed by atoms with E-state index in [0.717, 1.165) is 28.0 Å². The Kier molecular flexibility index (Phi) is 6.16. The maximum Gasteiger partial charge on any atom is 0.191 e. The van der Waals surface area contributed by atoms with E-state index in [0.29, 0.717) is 12.5 Å². The Bertz CT molecular complexity index is 906. The Balaban J connectivity index is 1.55. The second-order valence-electron chi connectivity index (χ2n) is 6.74. The molecule has 0 radical (unpaired) electrons. The smallest absolute Gasteiger partial charge is 0.191 e. The minimum absolute atomic E-state index is 0.260. The first-order valence-corrected chi connectivity index (χ1v) is 9.95. The molecule has 0 aliphatic heterocycles. The highest BCUT2D eigenvalue weighted by atomic mass is 32.2. The third-order valence-corrected chi connectivity index (χ3v) is 5.37. The van der Waals surface area contributed by atoms with Gasteiger partial charge in [-0.05, 0) is 60.4 Å². The topological polar surface area (TPSA) is 39.9 Å².